The average Bonchev–Trinajstić information content (AvgIpc) is 2.52. The summed E-state index contributed by atoms with van der Waals surface area (Å²) in [4.78, 5) is 10.8. The molecular formula is C10H18O3. The van der Waals surface area contributed by atoms with E-state index in [-0.39, 0.29) is 12.1 Å². The number of aliphatic hydroxyl groups is 1. The molecule has 0 radical (unpaired) electrons. The normalized spacial score (nSPS) is 24.5. The van der Waals surface area contributed by atoms with Crippen molar-refractivity contribution in [1.82, 2.24) is 0 Å². The Hall–Kier alpha value is -0.570. The molecule has 1 fully saturated rings. The van der Waals surface area contributed by atoms with Crippen molar-refractivity contribution in [2.24, 2.45) is 0 Å². The largest absolute Gasteiger partial charge is 0.460 e. The van der Waals surface area contributed by atoms with Crippen LogP contribution in [0.25, 0.3) is 0 Å². The quantitative estimate of drug-likeness (QED) is 0.524. The minimum absolute atomic E-state index is 0.167. The Bertz CT molecular complexity index is 168. The summed E-state index contributed by atoms with van der Waals surface area (Å²) >= 11 is 0. The number of esters is 1. The summed E-state index contributed by atoms with van der Waals surface area (Å²) in [5.74, 6) is -0.167. The zero-order valence-electron chi connectivity index (χ0n) is 8.16. The average molecular weight is 186 g/mol. The molecule has 3 heteroatoms. The lowest BCUT2D eigenvalue weighted by Gasteiger charge is -2.16. The molecule has 1 saturated heterocycles. The lowest BCUT2D eigenvalue weighted by Crippen LogP contribution is -2.25. The zero-order chi connectivity index (χ0) is 9.68. The highest BCUT2D eigenvalue weighted by molar-refractivity contribution is 5.71. The fraction of sp³-hybridized carbons (Fsp3) is 0.900. The summed E-state index contributed by atoms with van der Waals surface area (Å²) in [6.07, 6.45) is 4.54. The molecule has 0 amide bonds. The second kappa shape index (κ2) is 5.22. The predicted molar refractivity (Wildman–Crippen MR) is 49.3 cm³/mol. The van der Waals surface area contributed by atoms with E-state index in [9.17, 15) is 9.90 Å². The van der Waals surface area contributed by atoms with Crippen LogP contribution in [0.5, 0.6) is 0 Å². The standard InChI is InChI=1S/C10H18O3/c1-2-3-4-5-8(11)9-6-7-10(12)13-9/h8-9,11H,2-7H2,1H3/t8-,9-/m1/s1. The van der Waals surface area contributed by atoms with Crippen molar-refractivity contribution >= 4 is 5.97 Å². The third-order valence-electron chi connectivity index (χ3n) is 2.45. The van der Waals surface area contributed by atoms with E-state index in [1.165, 1.54) is 0 Å². The molecule has 2 atom stereocenters. The minimum atomic E-state index is -0.446. The molecule has 0 aromatic heterocycles. The van der Waals surface area contributed by atoms with E-state index in [0.29, 0.717) is 12.8 Å². The number of ether oxygens (including phenoxy) is 1. The number of hydrogen-bond acceptors (Lipinski definition) is 3. The second-order valence-electron chi connectivity index (χ2n) is 3.63. The molecular weight excluding hydrogens is 168 g/mol. The van der Waals surface area contributed by atoms with E-state index in [0.717, 1.165) is 25.7 Å². The maximum Gasteiger partial charge on any atom is 0.306 e. The Labute approximate surface area is 79.1 Å². The number of unbranched alkanes of at least 4 members (excludes halogenated alkanes) is 2. The maximum atomic E-state index is 10.8. The molecule has 0 spiro atoms. The van der Waals surface area contributed by atoms with Gasteiger partial charge in [0.2, 0.25) is 0 Å². The first kappa shape index (κ1) is 10.5. The van der Waals surface area contributed by atoms with Gasteiger partial charge in [0.05, 0.1) is 6.10 Å². The van der Waals surface area contributed by atoms with Crippen LogP contribution in [-0.2, 0) is 9.53 Å². The molecule has 76 valence electrons. The fourth-order valence-corrected chi connectivity index (χ4v) is 1.61. The van der Waals surface area contributed by atoms with Gasteiger partial charge in [0.25, 0.3) is 0 Å². The maximum absolute atomic E-state index is 10.8. The molecule has 1 rings (SSSR count). The first-order valence-corrected chi connectivity index (χ1v) is 5.11. The Morgan fingerprint density at radius 3 is 2.92 bits per heavy atom. The van der Waals surface area contributed by atoms with Gasteiger partial charge in [-0.3, -0.25) is 4.79 Å². The molecule has 1 heterocycles. The van der Waals surface area contributed by atoms with Crippen molar-refractivity contribution in [2.75, 3.05) is 0 Å². The lowest BCUT2D eigenvalue weighted by molar-refractivity contribution is -0.145. The van der Waals surface area contributed by atoms with Crippen molar-refractivity contribution in [3.8, 4) is 0 Å². The van der Waals surface area contributed by atoms with E-state index >= 15 is 0 Å². The molecule has 0 aromatic carbocycles. The third-order valence-corrected chi connectivity index (χ3v) is 2.45. The van der Waals surface area contributed by atoms with Gasteiger partial charge in [0.15, 0.2) is 0 Å². The number of hydrogen-bond donors (Lipinski definition) is 1. The molecule has 13 heavy (non-hydrogen) atoms. The third kappa shape index (κ3) is 3.35. The molecule has 0 aromatic rings. The van der Waals surface area contributed by atoms with Gasteiger partial charge >= 0.3 is 5.97 Å². The zero-order valence-corrected chi connectivity index (χ0v) is 8.16. The Morgan fingerprint density at radius 1 is 1.62 bits per heavy atom. The molecule has 0 saturated carbocycles. The van der Waals surface area contributed by atoms with E-state index in [1.807, 2.05) is 0 Å². The van der Waals surface area contributed by atoms with E-state index in [2.05, 4.69) is 6.92 Å². The van der Waals surface area contributed by atoms with Crippen LogP contribution in [0.15, 0.2) is 0 Å². The Balaban J connectivity index is 2.15. The highest BCUT2D eigenvalue weighted by Crippen LogP contribution is 2.20. The molecule has 0 bridgehead atoms. The number of cyclic esters (lactones) is 1. The monoisotopic (exact) mass is 186 g/mol. The highest BCUT2D eigenvalue weighted by atomic mass is 16.6. The van der Waals surface area contributed by atoms with Crippen LogP contribution in [0, 0.1) is 0 Å². The van der Waals surface area contributed by atoms with Gasteiger partial charge in [-0.15, -0.1) is 0 Å². The van der Waals surface area contributed by atoms with E-state index in [4.69, 9.17) is 4.74 Å². The molecule has 1 aliphatic rings. The van der Waals surface area contributed by atoms with Gasteiger partial charge in [-0.1, -0.05) is 26.2 Å². The van der Waals surface area contributed by atoms with Crippen LogP contribution in [0.1, 0.15) is 45.4 Å². The van der Waals surface area contributed by atoms with E-state index in [1.54, 1.807) is 0 Å². The summed E-state index contributed by atoms with van der Waals surface area (Å²) < 4.78 is 4.96. The smallest absolute Gasteiger partial charge is 0.306 e. The first-order chi connectivity index (χ1) is 6.24. The highest BCUT2D eigenvalue weighted by Gasteiger charge is 2.29. The topological polar surface area (TPSA) is 46.5 Å². The van der Waals surface area contributed by atoms with Crippen molar-refractivity contribution in [1.29, 1.82) is 0 Å². The summed E-state index contributed by atoms with van der Waals surface area (Å²) in [7, 11) is 0. The van der Waals surface area contributed by atoms with Gasteiger partial charge in [-0.2, -0.15) is 0 Å². The first-order valence-electron chi connectivity index (χ1n) is 5.11. The Morgan fingerprint density at radius 2 is 2.38 bits per heavy atom. The number of carbonyl (C=O) groups excluding carboxylic acids is 1. The number of carbonyl (C=O) groups is 1. The van der Waals surface area contributed by atoms with Gasteiger partial charge in [0.1, 0.15) is 6.10 Å². The minimum Gasteiger partial charge on any atom is -0.460 e. The van der Waals surface area contributed by atoms with Crippen LogP contribution in [-0.4, -0.2) is 23.3 Å². The second-order valence-corrected chi connectivity index (χ2v) is 3.63. The summed E-state index contributed by atoms with van der Waals surface area (Å²) in [6.45, 7) is 2.13. The van der Waals surface area contributed by atoms with Gasteiger partial charge in [-0.05, 0) is 12.8 Å². The fourth-order valence-electron chi connectivity index (χ4n) is 1.61. The van der Waals surface area contributed by atoms with Crippen LogP contribution in [0.4, 0.5) is 0 Å². The van der Waals surface area contributed by atoms with Crippen LogP contribution < -0.4 is 0 Å². The number of rotatable bonds is 5. The van der Waals surface area contributed by atoms with Gasteiger partial charge < -0.3 is 9.84 Å². The van der Waals surface area contributed by atoms with E-state index < -0.39 is 6.10 Å². The van der Waals surface area contributed by atoms with Crippen molar-refractivity contribution in [3.63, 3.8) is 0 Å². The van der Waals surface area contributed by atoms with Crippen molar-refractivity contribution in [3.05, 3.63) is 0 Å². The lowest BCUT2D eigenvalue weighted by atomic mass is 10.0. The van der Waals surface area contributed by atoms with Gasteiger partial charge in [0, 0.05) is 6.42 Å². The molecule has 0 unspecified atom stereocenters. The molecule has 1 aliphatic heterocycles. The molecule has 0 aliphatic carbocycles. The van der Waals surface area contributed by atoms with Gasteiger partial charge in [-0.25, -0.2) is 0 Å². The summed E-state index contributed by atoms with van der Waals surface area (Å²) in [5, 5.41) is 9.62. The van der Waals surface area contributed by atoms with Crippen molar-refractivity contribution < 1.29 is 14.6 Å². The van der Waals surface area contributed by atoms with Crippen LogP contribution in [0.3, 0.4) is 0 Å². The molecule has 3 nitrogen and oxygen atoms in total. The SMILES string of the molecule is CCCCC[C@@H](O)[C@H]1CCC(=O)O1. The predicted octanol–water partition coefficient (Wildman–Crippen LogP) is 1.63. The number of aliphatic hydroxyl groups excluding tert-OH is 1. The summed E-state index contributed by atoms with van der Waals surface area (Å²) in [5.41, 5.74) is 0. The van der Waals surface area contributed by atoms with Crippen LogP contribution in [0.2, 0.25) is 0 Å². The van der Waals surface area contributed by atoms with Crippen LogP contribution >= 0.6 is 0 Å². The Kier molecular flexibility index (Phi) is 4.22. The summed E-state index contributed by atoms with van der Waals surface area (Å²) in [6, 6.07) is 0. The molecule has 1 N–H and O–H groups in total. The van der Waals surface area contributed by atoms with Crippen molar-refractivity contribution in [2.45, 2.75) is 57.7 Å².